The Morgan fingerprint density at radius 3 is 2.65 bits per heavy atom. The predicted molar refractivity (Wildman–Crippen MR) is 78.8 cm³/mol. The highest BCUT2D eigenvalue weighted by Crippen LogP contribution is 2.16. The number of benzene rings is 1. The van der Waals surface area contributed by atoms with Crippen molar-refractivity contribution in [2.75, 3.05) is 11.1 Å². The lowest BCUT2D eigenvalue weighted by Crippen LogP contribution is -2.24. The molecule has 1 aromatic rings. The van der Waals surface area contributed by atoms with E-state index in [1.54, 1.807) is 24.3 Å². The maximum Gasteiger partial charge on any atom is 0.237 e. The summed E-state index contributed by atoms with van der Waals surface area (Å²) in [6.07, 6.45) is 0. The van der Waals surface area contributed by atoms with Crippen molar-refractivity contribution in [3.05, 3.63) is 29.3 Å². The molecule has 0 fully saturated rings. The molecule has 0 radical (unpaired) electrons. The number of amides is 1. The predicted octanol–water partition coefficient (Wildman–Crippen LogP) is 2.69. The van der Waals surface area contributed by atoms with E-state index in [-0.39, 0.29) is 11.2 Å². The van der Waals surface area contributed by atoms with Crippen LogP contribution in [0.25, 0.3) is 0 Å². The Morgan fingerprint density at radius 2 is 2.12 bits per heavy atom. The quantitative estimate of drug-likeness (QED) is 0.818. The van der Waals surface area contributed by atoms with Crippen LogP contribution < -0.4 is 11.1 Å². The number of carbonyl (C=O) groups is 1. The fourth-order valence-electron chi connectivity index (χ4n) is 1.06. The summed E-state index contributed by atoms with van der Waals surface area (Å²) >= 11 is 11.9. The third-order valence-electron chi connectivity index (χ3n) is 1.96. The molecule has 0 aliphatic carbocycles. The Labute approximate surface area is 115 Å². The molecule has 1 amide bonds. The van der Waals surface area contributed by atoms with E-state index in [0.717, 1.165) is 5.69 Å². The van der Waals surface area contributed by atoms with Crippen LogP contribution in [-0.4, -0.2) is 21.9 Å². The topological polar surface area (TPSA) is 55.1 Å². The van der Waals surface area contributed by atoms with Crippen LogP contribution in [0.15, 0.2) is 24.3 Å². The zero-order valence-corrected chi connectivity index (χ0v) is 11.7. The van der Waals surface area contributed by atoms with Gasteiger partial charge >= 0.3 is 0 Å². The number of halogens is 1. The molecule has 0 aliphatic heterocycles. The van der Waals surface area contributed by atoms with E-state index in [9.17, 15) is 4.79 Å². The summed E-state index contributed by atoms with van der Waals surface area (Å²) in [5.41, 5.74) is 6.10. The molecule has 0 saturated carbocycles. The van der Waals surface area contributed by atoms with Gasteiger partial charge in [-0.3, -0.25) is 4.79 Å². The van der Waals surface area contributed by atoms with Crippen molar-refractivity contribution in [3.63, 3.8) is 0 Å². The summed E-state index contributed by atoms with van der Waals surface area (Å²) < 4.78 is 0. The molecule has 0 aliphatic rings. The number of carbonyl (C=O) groups excluding carboxylic acids is 1. The third-order valence-corrected chi connectivity index (χ3v) is 3.73. The first-order valence-corrected chi connectivity index (χ1v) is 6.79. The van der Waals surface area contributed by atoms with E-state index in [1.807, 2.05) is 6.92 Å². The fourth-order valence-corrected chi connectivity index (χ4v) is 2.01. The molecule has 0 spiro atoms. The van der Waals surface area contributed by atoms with Crippen LogP contribution in [-0.2, 0) is 4.79 Å². The largest absolute Gasteiger partial charge is 0.393 e. The highest BCUT2D eigenvalue weighted by atomic mass is 35.5. The minimum atomic E-state index is -0.202. The molecule has 0 heterocycles. The lowest BCUT2D eigenvalue weighted by atomic mass is 10.3. The zero-order valence-electron chi connectivity index (χ0n) is 9.27. The van der Waals surface area contributed by atoms with E-state index in [1.165, 1.54) is 11.8 Å². The van der Waals surface area contributed by atoms with Gasteiger partial charge < -0.3 is 11.1 Å². The molecular weight excluding hydrogens is 276 g/mol. The second kappa shape index (κ2) is 6.83. The minimum Gasteiger partial charge on any atom is -0.393 e. The molecule has 1 aromatic carbocycles. The number of anilines is 1. The Hall–Kier alpha value is -0.780. The molecule has 6 heteroatoms. The summed E-state index contributed by atoms with van der Waals surface area (Å²) in [7, 11) is 0. The Kier molecular flexibility index (Phi) is 5.74. The van der Waals surface area contributed by atoms with E-state index in [4.69, 9.17) is 29.6 Å². The van der Waals surface area contributed by atoms with E-state index < -0.39 is 0 Å². The number of nitrogens with one attached hydrogen (secondary N) is 1. The summed E-state index contributed by atoms with van der Waals surface area (Å²) in [6.45, 7) is 1.81. The van der Waals surface area contributed by atoms with Crippen molar-refractivity contribution >= 4 is 52.2 Å². The van der Waals surface area contributed by atoms with Gasteiger partial charge in [-0.15, -0.1) is 11.8 Å². The molecule has 0 aromatic heterocycles. The monoisotopic (exact) mass is 288 g/mol. The molecular formula is C11H13ClN2OS2. The molecule has 0 bridgehead atoms. The van der Waals surface area contributed by atoms with Crippen molar-refractivity contribution in [1.82, 2.24) is 0 Å². The second-order valence-electron chi connectivity index (χ2n) is 3.42. The molecule has 1 atom stereocenters. The van der Waals surface area contributed by atoms with E-state index >= 15 is 0 Å². The van der Waals surface area contributed by atoms with Gasteiger partial charge in [-0.1, -0.05) is 23.8 Å². The zero-order chi connectivity index (χ0) is 12.8. The number of thiocarbonyl (C=S) groups is 1. The van der Waals surface area contributed by atoms with Gasteiger partial charge in [0.05, 0.1) is 10.2 Å². The maximum absolute atomic E-state index is 11.8. The second-order valence-corrected chi connectivity index (χ2v) is 5.71. The van der Waals surface area contributed by atoms with Crippen LogP contribution in [0.1, 0.15) is 6.92 Å². The molecule has 3 nitrogen and oxygen atoms in total. The summed E-state index contributed by atoms with van der Waals surface area (Å²) in [6, 6.07) is 6.96. The first-order valence-electron chi connectivity index (χ1n) is 4.95. The Morgan fingerprint density at radius 1 is 1.53 bits per heavy atom. The molecule has 1 unspecified atom stereocenters. The lowest BCUT2D eigenvalue weighted by molar-refractivity contribution is -0.115. The van der Waals surface area contributed by atoms with Gasteiger partial charge in [0.25, 0.3) is 0 Å². The van der Waals surface area contributed by atoms with Crippen molar-refractivity contribution in [2.24, 2.45) is 5.73 Å². The molecule has 3 N–H and O–H groups in total. The lowest BCUT2D eigenvalue weighted by Gasteiger charge is -2.11. The smallest absolute Gasteiger partial charge is 0.237 e. The third kappa shape index (κ3) is 5.39. The van der Waals surface area contributed by atoms with Crippen molar-refractivity contribution in [3.8, 4) is 0 Å². The van der Waals surface area contributed by atoms with Gasteiger partial charge in [-0.2, -0.15) is 0 Å². The van der Waals surface area contributed by atoms with Crippen molar-refractivity contribution < 1.29 is 4.79 Å². The maximum atomic E-state index is 11.8. The normalized spacial score (nSPS) is 11.9. The van der Waals surface area contributed by atoms with Crippen molar-refractivity contribution in [2.45, 2.75) is 12.2 Å². The molecule has 1 rings (SSSR count). The van der Waals surface area contributed by atoms with Crippen LogP contribution in [0.3, 0.4) is 0 Å². The van der Waals surface area contributed by atoms with Gasteiger partial charge in [0, 0.05) is 16.5 Å². The van der Waals surface area contributed by atoms with Gasteiger partial charge in [0.15, 0.2) is 0 Å². The highest BCUT2D eigenvalue weighted by Gasteiger charge is 2.13. The van der Waals surface area contributed by atoms with E-state index in [2.05, 4.69) is 5.32 Å². The van der Waals surface area contributed by atoms with Crippen LogP contribution in [0.4, 0.5) is 5.69 Å². The standard InChI is InChI=1S/C11H13ClN2OS2/c1-7(17-6-10(13)16)11(15)14-9-4-2-8(12)3-5-9/h2-5,7H,6H2,1H3,(H2,13,16)(H,14,15). The SMILES string of the molecule is CC(SCC(N)=S)C(=O)Nc1ccc(Cl)cc1. The first-order chi connectivity index (χ1) is 7.99. The van der Waals surface area contributed by atoms with Gasteiger partial charge in [0.1, 0.15) is 0 Å². The minimum absolute atomic E-state index is 0.0754. The average molecular weight is 289 g/mol. The Balaban J connectivity index is 2.48. The number of rotatable bonds is 5. The van der Waals surface area contributed by atoms with E-state index in [0.29, 0.717) is 15.8 Å². The van der Waals surface area contributed by atoms with Gasteiger partial charge in [-0.25, -0.2) is 0 Å². The number of thioether (sulfide) groups is 1. The number of hydrogen-bond acceptors (Lipinski definition) is 3. The number of hydrogen-bond donors (Lipinski definition) is 2. The summed E-state index contributed by atoms with van der Waals surface area (Å²) in [5.74, 6) is 0.429. The summed E-state index contributed by atoms with van der Waals surface area (Å²) in [5, 5.41) is 3.23. The summed E-state index contributed by atoms with van der Waals surface area (Å²) in [4.78, 5) is 12.2. The van der Waals surface area contributed by atoms with Crippen LogP contribution >= 0.6 is 35.6 Å². The van der Waals surface area contributed by atoms with Crippen LogP contribution in [0.2, 0.25) is 5.02 Å². The highest BCUT2D eigenvalue weighted by molar-refractivity contribution is 8.02. The number of nitrogens with two attached hydrogens (primary N) is 1. The fraction of sp³-hybridized carbons (Fsp3) is 0.273. The van der Waals surface area contributed by atoms with Gasteiger partial charge in [-0.05, 0) is 31.2 Å². The van der Waals surface area contributed by atoms with Crippen LogP contribution in [0.5, 0.6) is 0 Å². The van der Waals surface area contributed by atoms with Crippen molar-refractivity contribution in [1.29, 1.82) is 0 Å². The van der Waals surface area contributed by atoms with Crippen LogP contribution in [0, 0.1) is 0 Å². The Bertz CT molecular complexity index is 408. The molecule has 92 valence electrons. The van der Waals surface area contributed by atoms with Gasteiger partial charge in [0.2, 0.25) is 5.91 Å². The molecule has 0 saturated heterocycles. The average Bonchev–Trinajstić information content (AvgIpc) is 2.28. The first kappa shape index (κ1) is 14.3. The molecule has 17 heavy (non-hydrogen) atoms.